The molecule has 13 heavy (non-hydrogen) atoms. The minimum atomic E-state index is -1.18. The molecule has 0 spiro atoms. The van der Waals surface area contributed by atoms with E-state index in [0.717, 1.165) is 0 Å². The maximum atomic E-state index is 10.7. The van der Waals surface area contributed by atoms with Gasteiger partial charge in [-0.1, -0.05) is 17.7 Å². The molecule has 0 amide bonds. The van der Waals surface area contributed by atoms with Crippen molar-refractivity contribution >= 4 is 17.6 Å². The van der Waals surface area contributed by atoms with Crippen LogP contribution in [0.2, 0.25) is 5.02 Å². The zero-order valence-electron chi connectivity index (χ0n) is 6.84. The lowest BCUT2D eigenvalue weighted by atomic mass is 10.0. The number of carbonyl (C=O) groups is 1. The molecule has 1 aromatic carbocycles. The molecule has 0 saturated carbocycles. The van der Waals surface area contributed by atoms with E-state index in [4.69, 9.17) is 22.0 Å². The van der Waals surface area contributed by atoms with Crippen molar-refractivity contribution in [2.75, 3.05) is 0 Å². The van der Waals surface area contributed by atoms with Crippen LogP contribution in [-0.2, 0) is 0 Å². The number of hydrogen-bond acceptors (Lipinski definition) is 2. The van der Waals surface area contributed by atoms with Crippen LogP contribution < -0.4 is 0 Å². The van der Waals surface area contributed by atoms with Crippen LogP contribution in [0, 0.1) is 18.3 Å². The Labute approximate surface area is 80.2 Å². The van der Waals surface area contributed by atoms with E-state index in [1.165, 1.54) is 6.07 Å². The van der Waals surface area contributed by atoms with Gasteiger partial charge in [-0.2, -0.15) is 5.26 Å². The first-order chi connectivity index (χ1) is 6.07. The highest BCUT2D eigenvalue weighted by Crippen LogP contribution is 2.22. The van der Waals surface area contributed by atoms with Crippen LogP contribution in [0.5, 0.6) is 0 Å². The number of carboxylic acids is 1. The number of hydrogen-bond donors (Lipinski definition) is 1. The van der Waals surface area contributed by atoms with E-state index in [9.17, 15) is 4.79 Å². The molecule has 4 heteroatoms. The van der Waals surface area contributed by atoms with Crippen LogP contribution >= 0.6 is 11.6 Å². The Morgan fingerprint density at radius 2 is 2.23 bits per heavy atom. The largest absolute Gasteiger partial charge is 0.478 e. The fourth-order valence-corrected chi connectivity index (χ4v) is 1.27. The fourth-order valence-electron chi connectivity index (χ4n) is 1.03. The summed E-state index contributed by atoms with van der Waals surface area (Å²) in [4.78, 5) is 10.7. The molecule has 0 aromatic heterocycles. The third kappa shape index (κ3) is 1.63. The lowest BCUT2D eigenvalue weighted by molar-refractivity contribution is 0.0696. The van der Waals surface area contributed by atoms with E-state index in [2.05, 4.69) is 0 Å². The van der Waals surface area contributed by atoms with Gasteiger partial charge in [0.1, 0.15) is 6.07 Å². The number of rotatable bonds is 1. The highest BCUT2D eigenvalue weighted by Gasteiger charge is 2.15. The second kappa shape index (κ2) is 3.46. The Balaban J connectivity index is 3.55. The van der Waals surface area contributed by atoms with Crippen LogP contribution in [0.3, 0.4) is 0 Å². The van der Waals surface area contributed by atoms with Gasteiger partial charge in [-0.25, -0.2) is 4.79 Å². The van der Waals surface area contributed by atoms with E-state index in [1.807, 2.05) is 6.07 Å². The number of aromatic carboxylic acids is 1. The molecule has 0 fully saturated rings. The summed E-state index contributed by atoms with van der Waals surface area (Å²) in [6.45, 7) is 1.67. The molecule has 0 aliphatic heterocycles. The van der Waals surface area contributed by atoms with Gasteiger partial charge in [-0.05, 0) is 18.6 Å². The van der Waals surface area contributed by atoms with Gasteiger partial charge >= 0.3 is 5.97 Å². The molecule has 1 rings (SSSR count). The third-order valence-corrected chi connectivity index (χ3v) is 2.00. The van der Waals surface area contributed by atoms with Crippen LogP contribution in [-0.4, -0.2) is 11.1 Å². The minimum Gasteiger partial charge on any atom is -0.478 e. The molecule has 0 saturated heterocycles. The molecular formula is C9H6ClNO2. The summed E-state index contributed by atoms with van der Waals surface area (Å²) in [5.41, 5.74) is 0.619. The third-order valence-electron chi connectivity index (χ3n) is 1.69. The van der Waals surface area contributed by atoms with Crippen molar-refractivity contribution in [3.05, 3.63) is 33.8 Å². The number of nitrogens with zero attached hydrogens (tertiary/aromatic N) is 1. The fraction of sp³-hybridized carbons (Fsp3) is 0.111. The van der Waals surface area contributed by atoms with Crippen LogP contribution in [0.1, 0.15) is 21.5 Å². The summed E-state index contributed by atoms with van der Waals surface area (Å²) in [6, 6.07) is 4.91. The average Bonchev–Trinajstić information content (AvgIpc) is 2.07. The predicted molar refractivity (Wildman–Crippen MR) is 47.9 cm³/mol. The summed E-state index contributed by atoms with van der Waals surface area (Å²) in [5.74, 6) is -1.18. The molecular weight excluding hydrogens is 190 g/mol. The molecule has 0 atom stereocenters. The zero-order valence-corrected chi connectivity index (χ0v) is 7.59. The maximum Gasteiger partial charge on any atom is 0.338 e. The monoisotopic (exact) mass is 195 g/mol. The van der Waals surface area contributed by atoms with Crippen molar-refractivity contribution in [3.63, 3.8) is 0 Å². The van der Waals surface area contributed by atoms with Gasteiger partial charge in [0.2, 0.25) is 0 Å². The molecule has 0 aliphatic carbocycles. The van der Waals surface area contributed by atoms with Gasteiger partial charge < -0.3 is 5.11 Å². The standard InChI is InChI=1S/C9H6ClNO2/c1-5-2-3-7(10)8(9(12)13)6(5)4-11/h2-3H,1H3,(H,12,13). The van der Waals surface area contributed by atoms with Crippen molar-refractivity contribution in [2.24, 2.45) is 0 Å². The summed E-state index contributed by atoms with van der Waals surface area (Å²) in [7, 11) is 0. The molecule has 3 nitrogen and oxygen atoms in total. The lowest BCUT2D eigenvalue weighted by Crippen LogP contribution is -2.02. The van der Waals surface area contributed by atoms with Crippen LogP contribution in [0.4, 0.5) is 0 Å². The molecule has 1 N–H and O–H groups in total. The van der Waals surface area contributed by atoms with Crippen molar-refractivity contribution in [3.8, 4) is 6.07 Å². The van der Waals surface area contributed by atoms with Gasteiger partial charge in [-0.15, -0.1) is 0 Å². The van der Waals surface area contributed by atoms with Crippen LogP contribution in [0.15, 0.2) is 12.1 Å². The Kier molecular flexibility index (Phi) is 2.54. The van der Waals surface area contributed by atoms with E-state index in [-0.39, 0.29) is 16.1 Å². The summed E-state index contributed by atoms with van der Waals surface area (Å²) >= 11 is 5.64. The Morgan fingerprint density at radius 1 is 1.62 bits per heavy atom. The summed E-state index contributed by atoms with van der Waals surface area (Å²) in [5, 5.41) is 17.6. The summed E-state index contributed by atoms with van der Waals surface area (Å²) in [6.07, 6.45) is 0. The highest BCUT2D eigenvalue weighted by molar-refractivity contribution is 6.33. The second-order valence-corrected chi connectivity index (χ2v) is 2.94. The van der Waals surface area contributed by atoms with E-state index in [1.54, 1.807) is 13.0 Å². The van der Waals surface area contributed by atoms with Gasteiger partial charge in [-0.3, -0.25) is 0 Å². The second-order valence-electron chi connectivity index (χ2n) is 2.53. The zero-order chi connectivity index (χ0) is 10.0. The smallest absolute Gasteiger partial charge is 0.338 e. The number of benzene rings is 1. The SMILES string of the molecule is Cc1ccc(Cl)c(C(=O)O)c1C#N. The number of carboxylic acid groups (broad SMARTS) is 1. The van der Waals surface area contributed by atoms with E-state index >= 15 is 0 Å². The highest BCUT2D eigenvalue weighted by atomic mass is 35.5. The first-order valence-corrected chi connectivity index (χ1v) is 3.88. The van der Waals surface area contributed by atoms with Crippen molar-refractivity contribution < 1.29 is 9.90 Å². The molecule has 0 unspecified atom stereocenters. The molecule has 1 aromatic rings. The van der Waals surface area contributed by atoms with E-state index in [0.29, 0.717) is 5.56 Å². The first kappa shape index (κ1) is 9.56. The Hall–Kier alpha value is -1.53. The van der Waals surface area contributed by atoms with Gasteiger partial charge in [0, 0.05) is 0 Å². The average molecular weight is 196 g/mol. The number of aryl methyl sites for hydroxylation is 1. The number of halogens is 1. The Morgan fingerprint density at radius 3 is 2.62 bits per heavy atom. The Bertz CT molecular complexity index is 407. The molecule has 66 valence electrons. The first-order valence-electron chi connectivity index (χ1n) is 3.50. The van der Waals surface area contributed by atoms with Crippen molar-refractivity contribution in [1.29, 1.82) is 5.26 Å². The maximum absolute atomic E-state index is 10.7. The van der Waals surface area contributed by atoms with Gasteiger partial charge in [0.15, 0.2) is 0 Å². The molecule has 0 radical (unpaired) electrons. The molecule has 0 heterocycles. The molecule has 0 aliphatic rings. The normalized spacial score (nSPS) is 9.31. The van der Waals surface area contributed by atoms with Crippen LogP contribution in [0.25, 0.3) is 0 Å². The summed E-state index contributed by atoms with van der Waals surface area (Å²) < 4.78 is 0. The van der Waals surface area contributed by atoms with Gasteiger partial charge in [0.05, 0.1) is 16.1 Å². The lowest BCUT2D eigenvalue weighted by Gasteiger charge is -2.03. The van der Waals surface area contributed by atoms with Crippen molar-refractivity contribution in [2.45, 2.75) is 6.92 Å². The quantitative estimate of drug-likeness (QED) is 0.748. The molecule has 0 bridgehead atoms. The van der Waals surface area contributed by atoms with E-state index < -0.39 is 5.97 Å². The van der Waals surface area contributed by atoms with Gasteiger partial charge in [0.25, 0.3) is 0 Å². The minimum absolute atomic E-state index is 0.0923. The predicted octanol–water partition coefficient (Wildman–Crippen LogP) is 2.22. The van der Waals surface area contributed by atoms with Crippen molar-refractivity contribution in [1.82, 2.24) is 0 Å². The topological polar surface area (TPSA) is 61.1 Å². The number of nitriles is 1.